The van der Waals surface area contributed by atoms with E-state index in [-0.39, 0.29) is 0 Å². The van der Waals surface area contributed by atoms with Gasteiger partial charge in [0.1, 0.15) is 0 Å². The molecule has 0 aromatic rings. The zero-order valence-corrected chi connectivity index (χ0v) is 9.34. The third kappa shape index (κ3) is 4.14. The van der Waals surface area contributed by atoms with E-state index >= 15 is 0 Å². The fourth-order valence-electron chi connectivity index (χ4n) is 2.56. The van der Waals surface area contributed by atoms with Gasteiger partial charge in [0.05, 0.1) is 0 Å². The van der Waals surface area contributed by atoms with Gasteiger partial charge in [0.15, 0.2) is 7.98 Å². The second-order valence-electron chi connectivity index (χ2n) is 4.72. The standard InChI is InChI=1S/C10H23BN2/c1-13(2)8-10-5-3-4-9(6-10)7-12-11/h9-10,12H,3-8,11H2,1-2H3. The molecule has 2 atom stereocenters. The van der Waals surface area contributed by atoms with E-state index in [0.29, 0.717) is 0 Å². The highest BCUT2D eigenvalue weighted by molar-refractivity contribution is 6.04. The molecular formula is C10H23BN2. The summed E-state index contributed by atoms with van der Waals surface area (Å²) in [6.07, 6.45) is 5.74. The molecule has 1 aliphatic carbocycles. The minimum absolute atomic E-state index is 0.934. The van der Waals surface area contributed by atoms with Crippen molar-refractivity contribution in [1.82, 2.24) is 10.1 Å². The number of nitrogens with one attached hydrogen (secondary N) is 1. The maximum absolute atomic E-state index is 3.30. The molecule has 0 aliphatic heterocycles. The van der Waals surface area contributed by atoms with Gasteiger partial charge in [0, 0.05) is 6.54 Å². The van der Waals surface area contributed by atoms with Crippen LogP contribution in [0.1, 0.15) is 25.7 Å². The fourth-order valence-corrected chi connectivity index (χ4v) is 2.56. The summed E-state index contributed by atoms with van der Waals surface area (Å²) in [5, 5.41) is 3.30. The van der Waals surface area contributed by atoms with Crippen molar-refractivity contribution in [3.8, 4) is 0 Å². The normalized spacial score (nSPS) is 29.5. The summed E-state index contributed by atoms with van der Waals surface area (Å²) in [6.45, 7) is 2.49. The Balaban J connectivity index is 2.24. The van der Waals surface area contributed by atoms with E-state index in [0.717, 1.165) is 11.8 Å². The lowest BCUT2D eigenvalue weighted by molar-refractivity contribution is 0.216. The Labute approximate surface area is 83.5 Å². The number of rotatable bonds is 4. The van der Waals surface area contributed by atoms with Crippen LogP contribution in [0.25, 0.3) is 0 Å². The number of nitrogens with zero attached hydrogens (tertiary/aromatic N) is 1. The third-order valence-corrected chi connectivity index (χ3v) is 3.01. The fraction of sp³-hybridized carbons (Fsp3) is 1.00. The molecule has 1 N–H and O–H groups in total. The van der Waals surface area contributed by atoms with Gasteiger partial charge in [-0.15, -0.1) is 0 Å². The predicted octanol–water partition coefficient (Wildman–Crippen LogP) is 0.492. The highest BCUT2D eigenvalue weighted by Gasteiger charge is 2.21. The molecule has 2 nitrogen and oxygen atoms in total. The van der Waals surface area contributed by atoms with Gasteiger partial charge in [-0.2, -0.15) is 0 Å². The number of hydrogen-bond acceptors (Lipinski definition) is 2. The first-order valence-electron chi connectivity index (χ1n) is 5.51. The molecular weight excluding hydrogens is 159 g/mol. The molecule has 0 bridgehead atoms. The summed E-state index contributed by atoms with van der Waals surface area (Å²) in [4.78, 5) is 2.33. The van der Waals surface area contributed by atoms with Gasteiger partial charge >= 0.3 is 0 Å². The number of hydrogen-bond donors (Lipinski definition) is 1. The SMILES string of the molecule is BNCC1CCCC(CN(C)C)C1. The summed E-state index contributed by atoms with van der Waals surface area (Å²) >= 11 is 0. The highest BCUT2D eigenvalue weighted by atomic mass is 15.1. The third-order valence-electron chi connectivity index (χ3n) is 3.01. The maximum atomic E-state index is 3.30. The lowest BCUT2D eigenvalue weighted by atomic mass is 9.81. The monoisotopic (exact) mass is 182 g/mol. The summed E-state index contributed by atoms with van der Waals surface area (Å²) in [5.41, 5.74) is 0. The first-order chi connectivity index (χ1) is 6.22. The van der Waals surface area contributed by atoms with E-state index in [1.54, 1.807) is 0 Å². The van der Waals surface area contributed by atoms with Crippen LogP contribution in [0.5, 0.6) is 0 Å². The lowest BCUT2D eigenvalue weighted by Crippen LogP contribution is -2.30. The summed E-state index contributed by atoms with van der Waals surface area (Å²) in [7, 11) is 6.43. The quantitative estimate of drug-likeness (QED) is 0.636. The second kappa shape index (κ2) is 5.66. The van der Waals surface area contributed by atoms with Crippen molar-refractivity contribution in [3.05, 3.63) is 0 Å². The molecule has 0 spiro atoms. The van der Waals surface area contributed by atoms with Crippen LogP contribution in [0.3, 0.4) is 0 Å². The Morgan fingerprint density at radius 1 is 1.31 bits per heavy atom. The van der Waals surface area contributed by atoms with Crippen molar-refractivity contribution in [2.45, 2.75) is 25.7 Å². The summed E-state index contributed by atoms with van der Waals surface area (Å²) in [5.74, 6) is 1.88. The smallest absolute Gasteiger partial charge is 0.181 e. The Morgan fingerprint density at radius 2 is 2.00 bits per heavy atom. The molecule has 0 aromatic carbocycles. The molecule has 1 fully saturated rings. The van der Waals surface area contributed by atoms with Crippen molar-refractivity contribution >= 4 is 7.98 Å². The van der Waals surface area contributed by atoms with Crippen molar-refractivity contribution in [2.24, 2.45) is 11.8 Å². The van der Waals surface area contributed by atoms with Crippen LogP contribution in [0.4, 0.5) is 0 Å². The van der Waals surface area contributed by atoms with E-state index < -0.39 is 0 Å². The zero-order chi connectivity index (χ0) is 9.68. The second-order valence-corrected chi connectivity index (χ2v) is 4.72. The van der Waals surface area contributed by atoms with Gasteiger partial charge in [-0.3, -0.25) is 0 Å². The Bertz CT molecular complexity index is 137. The van der Waals surface area contributed by atoms with E-state index in [4.69, 9.17) is 0 Å². The molecule has 1 aliphatic rings. The van der Waals surface area contributed by atoms with Crippen molar-refractivity contribution in [1.29, 1.82) is 0 Å². The van der Waals surface area contributed by atoms with Crippen molar-refractivity contribution in [2.75, 3.05) is 27.2 Å². The van der Waals surface area contributed by atoms with Gasteiger partial charge in [-0.1, -0.05) is 6.42 Å². The molecule has 76 valence electrons. The molecule has 0 aromatic heterocycles. The van der Waals surface area contributed by atoms with Crippen LogP contribution >= 0.6 is 0 Å². The average molecular weight is 182 g/mol. The molecule has 3 heteroatoms. The lowest BCUT2D eigenvalue weighted by Gasteiger charge is -2.30. The predicted molar refractivity (Wildman–Crippen MR) is 60.5 cm³/mol. The Morgan fingerprint density at radius 3 is 2.62 bits per heavy atom. The summed E-state index contributed by atoms with van der Waals surface area (Å²) < 4.78 is 0. The molecule has 0 radical (unpaired) electrons. The first kappa shape index (κ1) is 11.1. The van der Waals surface area contributed by atoms with Crippen molar-refractivity contribution in [3.63, 3.8) is 0 Å². The first-order valence-corrected chi connectivity index (χ1v) is 5.51. The molecule has 0 heterocycles. The molecule has 1 rings (SSSR count). The Kier molecular flexibility index (Phi) is 4.82. The van der Waals surface area contributed by atoms with E-state index in [1.807, 2.05) is 0 Å². The minimum Gasteiger partial charge on any atom is -0.362 e. The van der Waals surface area contributed by atoms with Crippen LogP contribution < -0.4 is 5.23 Å². The van der Waals surface area contributed by atoms with Gasteiger partial charge in [0.2, 0.25) is 0 Å². The van der Waals surface area contributed by atoms with Gasteiger partial charge in [0.25, 0.3) is 0 Å². The molecule has 1 saturated carbocycles. The van der Waals surface area contributed by atoms with Gasteiger partial charge in [-0.25, -0.2) is 0 Å². The van der Waals surface area contributed by atoms with Gasteiger partial charge < -0.3 is 10.1 Å². The zero-order valence-electron chi connectivity index (χ0n) is 9.34. The highest BCUT2D eigenvalue weighted by Crippen LogP contribution is 2.28. The van der Waals surface area contributed by atoms with E-state index in [1.165, 1.54) is 38.8 Å². The van der Waals surface area contributed by atoms with E-state index in [9.17, 15) is 0 Å². The molecule has 0 amide bonds. The van der Waals surface area contributed by atoms with Gasteiger partial charge in [-0.05, 0) is 51.7 Å². The molecule has 0 saturated heterocycles. The maximum Gasteiger partial charge on any atom is 0.181 e. The van der Waals surface area contributed by atoms with Crippen LogP contribution in [-0.2, 0) is 0 Å². The molecule has 2 unspecified atom stereocenters. The molecule has 13 heavy (non-hydrogen) atoms. The largest absolute Gasteiger partial charge is 0.362 e. The minimum atomic E-state index is 0.934. The average Bonchev–Trinajstić information content (AvgIpc) is 2.04. The van der Waals surface area contributed by atoms with Crippen LogP contribution in [0.15, 0.2) is 0 Å². The summed E-state index contributed by atoms with van der Waals surface area (Å²) in [6, 6.07) is 0. The topological polar surface area (TPSA) is 15.3 Å². The Hall–Kier alpha value is -0.0151. The van der Waals surface area contributed by atoms with Crippen LogP contribution in [0, 0.1) is 11.8 Å². The van der Waals surface area contributed by atoms with Crippen molar-refractivity contribution < 1.29 is 0 Å². The van der Waals surface area contributed by atoms with Crippen LogP contribution in [0.2, 0.25) is 0 Å². The van der Waals surface area contributed by atoms with E-state index in [2.05, 4.69) is 32.2 Å². The van der Waals surface area contributed by atoms with Crippen LogP contribution in [-0.4, -0.2) is 40.1 Å².